The normalized spacial score (nSPS) is 22.6. The molecule has 2 fully saturated rings. The van der Waals surface area contributed by atoms with Gasteiger partial charge in [-0.25, -0.2) is 17.2 Å². The zero-order valence-corrected chi connectivity index (χ0v) is 18.7. The highest BCUT2D eigenvalue weighted by Gasteiger charge is 2.51. The van der Waals surface area contributed by atoms with Gasteiger partial charge in [0.2, 0.25) is 11.8 Å². The van der Waals surface area contributed by atoms with Gasteiger partial charge in [0.15, 0.2) is 9.84 Å². The van der Waals surface area contributed by atoms with Crippen LogP contribution in [0.1, 0.15) is 32.6 Å². The van der Waals surface area contributed by atoms with Crippen molar-refractivity contribution in [3.05, 3.63) is 28.2 Å². The number of sulfone groups is 1. The summed E-state index contributed by atoms with van der Waals surface area (Å²) in [6.45, 7) is 0.112. The highest BCUT2D eigenvalue weighted by Crippen LogP contribution is 2.37. The van der Waals surface area contributed by atoms with Crippen molar-refractivity contribution in [2.75, 3.05) is 6.54 Å². The molecule has 1 heterocycles. The molecule has 1 saturated carbocycles. The summed E-state index contributed by atoms with van der Waals surface area (Å²) in [6.07, 6.45) is -0.638. The summed E-state index contributed by atoms with van der Waals surface area (Å²) >= 11 is 11.8. The standard InChI is InChI=1S/C19H19Cl2F2N3O4S/c1-18(22,23)8-16(27)26-9-12(7-14(26)17(28)25-19(10-24)4-5-19)31(29,30)15-3-2-11(20)6-13(15)21/h2-3,6,12,14H,4-5,7-9H2,1H3,(H,25,28)/t12?,14-/m0/s1. The lowest BCUT2D eigenvalue weighted by Gasteiger charge is -2.26. The monoisotopic (exact) mass is 493 g/mol. The van der Waals surface area contributed by atoms with Crippen molar-refractivity contribution in [1.82, 2.24) is 10.2 Å². The molecule has 1 aliphatic heterocycles. The van der Waals surface area contributed by atoms with Crippen LogP contribution in [0.2, 0.25) is 10.0 Å². The lowest BCUT2D eigenvalue weighted by atomic mass is 10.1. The Bertz CT molecular complexity index is 1060. The van der Waals surface area contributed by atoms with Crippen molar-refractivity contribution in [2.24, 2.45) is 0 Å². The van der Waals surface area contributed by atoms with Gasteiger partial charge in [-0.3, -0.25) is 9.59 Å². The summed E-state index contributed by atoms with van der Waals surface area (Å²) in [5.41, 5.74) is -1.06. The molecule has 0 aromatic heterocycles. The maximum atomic E-state index is 13.4. The number of hydrogen-bond donors (Lipinski definition) is 1. The molecule has 12 heteroatoms. The molecule has 0 radical (unpaired) electrons. The van der Waals surface area contributed by atoms with Crippen LogP contribution < -0.4 is 5.32 Å². The summed E-state index contributed by atoms with van der Waals surface area (Å²) in [7, 11) is -4.11. The molecule has 31 heavy (non-hydrogen) atoms. The average Bonchev–Trinajstić information content (AvgIpc) is 3.25. The molecule has 3 rings (SSSR count). The first kappa shape index (κ1) is 23.7. The number of carbonyl (C=O) groups excluding carboxylic acids is 2. The van der Waals surface area contributed by atoms with E-state index in [-0.39, 0.29) is 21.4 Å². The summed E-state index contributed by atoms with van der Waals surface area (Å²) in [5.74, 6) is -5.13. The van der Waals surface area contributed by atoms with E-state index in [9.17, 15) is 32.0 Å². The molecule has 2 atom stereocenters. The number of nitrogens with one attached hydrogen (secondary N) is 1. The Morgan fingerprint density at radius 1 is 1.35 bits per heavy atom. The minimum Gasteiger partial charge on any atom is -0.336 e. The third-order valence-electron chi connectivity index (χ3n) is 5.31. The predicted octanol–water partition coefficient (Wildman–Crippen LogP) is 2.95. The molecule has 1 saturated heterocycles. The first-order chi connectivity index (χ1) is 14.3. The van der Waals surface area contributed by atoms with Crippen LogP contribution in [-0.4, -0.2) is 54.4 Å². The summed E-state index contributed by atoms with van der Waals surface area (Å²) in [6, 6.07) is 4.47. The first-order valence-corrected chi connectivity index (χ1v) is 11.7. The van der Waals surface area contributed by atoms with E-state index < -0.39 is 57.4 Å². The van der Waals surface area contributed by atoms with Crippen LogP contribution in [0.15, 0.2) is 23.1 Å². The Morgan fingerprint density at radius 2 is 2.00 bits per heavy atom. The second kappa shape index (κ2) is 8.19. The topological polar surface area (TPSA) is 107 Å². The van der Waals surface area contributed by atoms with Gasteiger partial charge >= 0.3 is 0 Å². The van der Waals surface area contributed by atoms with Crippen LogP contribution in [0.4, 0.5) is 8.78 Å². The van der Waals surface area contributed by atoms with Crippen molar-refractivity contribution < 1.29 is 26.8 Å². The Morgan fingerprint density at radius 3 is 2.52 bits per heavy atom. The van der Waals surface area contributed by atoms with E-state index in [2.05, 4.69) is 5.32 Å². The van der Waals surface area contributed by atoms with E-state index >= 15 is 0 Å². The number of rotatable bonds is 6. The van der Waals surface area contributed by atoms with Gasteiger partial charge in [0.05, 0.1) is 27.7 Å². The maximum Gasteiger partial charge on any atom is 0.254 e. The molecule has 2 aliphatic rings. The minimum atomic E-state index is -4.11. The Hall–Kier alpha value is -1.96. The number of nitrogens with zero attached hydrogens (tertiary/aromatic N) is 2. The summed E-state index contributed by atoms with van der Waals surface area (Å²) < 4.78 is 53.2. The lowest BCUT2D eigenvalue weighted by Crippen LogP contribution is -2.50. The third-order valence-corrected chi connectivity index (χ3v) is 8.16. The number of alkyl halides is 2. The zero-order valence-electron chi connectivity index (χ0n) is 16.4. The van der Waals surface area contributed by atoms with Gasteiger partial charge in [-0.2, -0.15) is 5.26 Å². The smallest absolute Gasteiger partial charge is 0.254 e. The van der Waals surface area contributed by atoms with Crippen molar-refractivity contribution in [1.29, 1.82) is 5.26 Å². The largest absolute Gasteiger partial charge is 0.336 e. The molecule has 1 aliphatic carbocycles. The van der Waals surface area contributed by atoms with Crippen molar-refractivity contribution in [2.45, 2.75) is 60.3 Å². The van der Waals surface area contributed by atoms with Crippen LogP contribution in [0, 0.1) is 11.3 Å². The Labute approximate surface area is 188 Å². The van der Waals surface area contributed by atoms with E-state index in [4.69, 9.17) is 23.2 Å². The molecule has 2 amide bonds. The van der Waals surface area contributed by atoms with Crippen molar-refractivity contribution in [3.8, 4) is 6.07 Å². The molecule has 1 aromatic rings. The quantitative estimate of drug-likeness (QED) is 0.655. The van der Waals surface area contributed by atoms with Crippen LogP contribution in [0.3, 0.4) is 0 Å². The van der Waals surface area contributed by atoms with E-state index in [1.165, 1.54) is 18.2 Å². The number of carbonyl (C=O) groups is 2. The fraction of sp³-hybridized carbons (Fsp3) is 0.526. The fourth-order valence-corrected chi connectivity index (χ4v) is 5.98. The van der Waals surface area contributed by atoms with Crippen LogP contribution >= 0.6 is 23.2 Å². The molecule has 168 valence electrons. The number of halogens is 4. The molecular formula is C19H19Cl2F2N3O4S. The average molecular weight is 494 g/mol. The summed E-state index contributed by atoms with van der Waals surface area (Å²) in [5, 5.41) is 10.6. The second-order valence-corrected chi connectivity index (χ2v) is 11.0. The minimum absolute atomic E-state index is 0.125. The predicted molar refractivity (Wildman–Crippen MR) is 109 cm³/mol. The van der Waals surface area contributed by atoms with Gasteiger partial charge in [0.1, 0.15) is 11.6 Å². The highest BCUT2D eigenvalue weighted by molar-refractivity contribution is 7.92. The van der Waals surface area contributed by atoms with Crippen molar-refractivity contribution in [3.63, 3.8) is 0 Å². The van der Waals surface area contributed by atoms with Gasteiger partial charge in [-0.05, 0) is 44.4 Å². The molecule has 1 unspecified atom stereocenters. The van der Waals surface area contributed by atoms with Crippen LogP contribution in [0.5, 0.6) is 0 Å². The van der Waals surface area contributed by atoms with Gasteiger partial charge < -0.3 is 10.2 Å². The number of hydrogen-bond acceptors (Lipinski definition) is 5. The van der Waals surface area contributed by atoms with Gasteiger partial charge in [-0.15, -0.1) is 0 Å². The molecule has 1 aromatic carbocycles. The second-order valence-electron chi connectivity index (χ2n) is 7.97. The lowest BCUT2D eigenvalue weighted by molar-refractivity contribution is -0.143. The molecule has 0 bridgehead atoms. The molecule has 1 N–H and O–H groups in total. The third kappa shape index (κ3) is 5.10. The maximum absolute atomic E-state index is 13.4. The van der Waals surface area contributed by atoms with Gasteiger partial charge in [-0.1, -0.05) is 23.2 Å². The fourth-order valence-electron chi connectivity index (χ4n) is 3.51. The zero-order chi connectivity index (χ0) is 23.2. The summed E-state index contributed by atoms with van der Waals surface area (Å²) in [4.78, 5) is 25.9. The Balaban J connectivity index is 1.90. The van der Waals surface area contributed by atoms with Gasteiger partial charge in [0.25, 0.3) is 5.92 Å². The molecule has 7 nitrogen and oxygen atoms in total. The Kier molecular flexibility index (Phi) is 6.26. The number of benzene rings is 1. The number of amides is 2. The van der Waals surface area contributed by atoms with E-state index in [1.54, 1.807) is 0 Å². The van der Waals surface area contributed by atoms with Gasteiger partial charge in [0, 0.05) is 11.6 Å². The molecule has 0 spiro atoms. The van der Waals surface area contributed by atoms with E-state index in [0.29, 0.717) is 19.8 Å². The van der Waals surface area contributed by atoms with Crippen molar-refractivity contribution >= 4 is 44.9 Å². The molecular weight excluding hydrogens is 475 g/mol. The highest BCUT2D eigenvalue weighted by atomic mass is 35.5. The number of nitriles is 1. The number of likely N-dealkylation sites (tertiary alicyclic amines) is 1. The first-order valence-electron chi connectivity index (χ1n) is 9.37. The van der Waals surface area contributed by atoms with Crippen LogP contribution in [0.25, 0.3) is 0 Å². The van der Waals surface area contributed by atoms with Crippen LogP contribution in [-0.2, 0) is 19.4 Å². The SMILES string of the molecule is CC(F)(F)CC(=O)N1CC(S(=O)(=O)c2ccc(Cl)cc2Cl)C[C@H]1C(=O)NC1(C#N)CC1. The van der Waals surface area contributed by atoms with E-state index in [0.717, 1.165) is 4.90 Å². The van der Waals surface area contributed by atoms with E-state index in [1.807, 2.05) is 6.07 Å².